The van der Waals surface area contributed by atoms with Gasteiger partial charge in [-0.15, -0.1) is 0 Å². The number of aliphatic carboxylic acids is 2. The van der Waals surface area contributed by atoms with Crippen LogP contribution in [0, 0.1) is 0 Å². The van der Waals surface area contributed by atoms with Gasteiger partial charge in [0.2, 0.25) is 0 Å². The van der Waals surface area contributed by atoms with Gasteiger partial charge < -0.3 is 31.3 Å². The summed E-state index contributed by atoms with van der Waals surface area (Å²) in [4.78, 5) is 18.5. The second-order valence-electron chi connectivity index (χ2n) is 3.81. The van der Waals surface area contributed by atoms with E-state index in [0.717, 1.165) is 50.8 Å². The van der Waals surface area contributed by atoms with Gasteiger partial charge in [0.15, 0.2) is 0 Å². The van der Waals surface area contributed by atoms with Gasteiger partial charge in [0.05, 0.1) is 0 Å². The smallest absolute Gasteiger partial charge is 0.327 e. The van der Waals surface area contributed by atoms with Gasteiger partial charge in [0.25, 0.3) is 0 Å². The molecule has 0 atom stereocenters. The molecule has 0 fully saturated rings. The number of carbonyl (C=O) groups is 2. The molecule has 0 spiro atoms. The Balaban J connectivity index is -0.000000106. The summed E-state index contributed by atoms with van der Waals surface area (Å²) < 4.78 is 0. The number of unbranched alkanes of at least 4 members (excludes halogenated alkanes) is 3. The zero-order chi connectivity index (χ0) is 18.9. The van der Waals surface area contributed by atoms with Gasteiger partial charge in [0, 0.05) is 32.0 Å². The first-order chi connectivity index (χ1) is 10.9. The van der Waals surface area contributed by atoms with Crippen LogP contribution in [0.5, 0.6) is 0 Å². The van der Waals surface area contributed by atoms with Crippen LogP contribution >= 0.6 is 0 Å². The molecule has 0 rings (SSSR count). The van der Waals surface area contributed by atoms with E-state index in [2.05, 4.69) is 13.2 Å². The van der Waals surface area contributed by atoms with Crippen LogP contribution in [-0.2, 0) is 9.59 Å². The molecule has 0 aliphatic heterocycles. The van der Waals surface area contributed by atoms with Crippen LogP contribution in [-0.4, -0.2) is 63.8 Å². The average Bonchev–Trinajstić information content (AvgIpc) is 2.55. The van der Waals surface area contributed by atoms with Gasteiger partial charge in [-0.25, -0.2) is 9.59 Å². The van der Waals surface area contributed by atoms with Crippen LogP contribution in [0.2, 0.25) is 0 Å². The van der Waals surface area contributed by atoms with Crippen molar-refractivity contribution in [2.45, 2.75) is 32.1 Å². The predicted octanol–water partition coefficient (Wildman–Crippen LogP) is 0.373. The minimum Gasteiger partial charge on any atom is -0.478 e. The first-order valence-corrected chi connectivity index (χ1v) is 7.11. The standard InChI is InChI=1S/C5H13NO.C4H10O2.2C3H4O2/c6-4-2-1-3-5-7;5-3-1-2-4-6;2*1-2-3(4)5/h7H,1-6H2;5-6H,1-4H2;2*2H,1H2,(H,4,5). The van der Waals surface area contributed by atoms with Crippen LogP contribution < -0.4 is 5.73 Å². The van der Waals surface area contributed by atoms with E-state index < -0.39 is 11.9 Å². The minimum atomic E-state index is -0.981. The third kappa shape index (κ3) is 78.8. The lowest BCUT2D eigenvalue weighted by Crippen LogP contribution is -1.98. The third-order valence-electron chi connectivity index (χ3n) is 1.78. The maximum atomic E-state index is 9.25. The van der Waals surface area contributed by atoms with Gasteiger partial charge in [-0.1, -0.05) is 13.2 Å². The van der Waals surface area contributed by atoms with Crippen molar-refractivity contribution in [1.29, 1.82) is 0 Å². The number of hydrogen-bond acceptors (Lipinski definition) is 6. The van der Waals surface area contributed by atoms with Gasteiger partial charge in [-0.2, -0.15) is 0 Å². The molecule has 0 aliphatic rings. The van der Waals surface area contributed by atoms with Crippen molar-refractivity contribution >= 4 is 11.9 Å². The summed E-state index contributed by atoms with van der Waals surface area (Å²) in [7, 11) is 0. The van der Waals surface area contributed by atoms with Crippen LogP contribution in [0.4, 0.5) is 0 Å². The molecule has 0 aromatic heterocycles. The molecule has 23 heavy (non-hydrogen) atoms. The second kappa shape index (κ2) is 32.3. The fourth-order valence-corrected chi connectivity index (χ4v) is 0.657. The zero-order valence-electron chi connectivity index (χ0n) is 13.6. The quantitative estimate of drug-likeness (QED) is 0.260. The van der Waals surface area contributed by atoms with Crippen molar-refractivity contribution in [2.24, 2.45) is 5.73 Å². The first-order valence-electron chi connectivity index (χ1n) is 7.11. The van der Waals surface area contributed by atoms with E-state index in [1.807, 2.05) is 0 Å². The highest BCUT2D eigenvalue weighted by Crippen LogP contribution is 1.89. The summed E-state index contributed by atoms with van der Waals surface area (Å²) in [6, 6.07) is 0. The van der Waals surface area contributed by atoms with Gasteiger partial charge >= 0.3 is 11.9 Å². The fraction of sp³-hybridized carbons (Fsp3) is 0.600. The van der Waals surface area contributed by atoms with Crippen molar-refractivity contribution < 1.29 is 35.1 Å². The maximum Gasteiger partial charge on any atom is 0.327 e. The topological polar surface area (TPSA) is 161 Å². The SMILES string of the molecule is C=CC(=O)O.C=CC(=O)O.NCCCCCO.OCCCCO. The Hall–Kier alpha value is -1.74. The van der Waals surface area contributed by atoms with Crippen molar-refractivity contribution in [1.82, 2.24) is 0 Å². The molecule has 8 nitrogen and oxygen atoms in total. The molecule has 0 aromatic rings. The number of rotatable bonds is 9. The number of aliphatic hydroxyl groups is 3. The number of carboxylic acids is 2. The van der Waals surface area contributed by atoms with E-state index in [0.29, 0.717) is 6.61 Å². The van der Waals surface area contributed by atoms with Crippen LogP contribution in [0.15, 0.2) is 25.3 Å². The van der Waals surface area contributed by atoms with Crippen molar-refractivity contribution in [2.75, 3.05) is 26.4 Å². The molecule has 0 heterocycles. The van der Waals surface area contributed by atoms with Crippen molar-refractivity contribution in [3.63, 3.8) is 0 Å². The monoisotopic (exact) mass is 337 g/mol. The lowest BCUT2D eigenvalue weighted by Gasteiger charge is -1.90. The van der Waals surface area contributed by atoms with E-state index in [9.17, 15) is 9.59 Å². The molecular formula is C15H31NO7. The van der Waals surface area contributed by atoms with Gasteiger partial charge in [-0.05, 0) is 38.6 Å². The Kier molecular flexibility index (Phi) is 41.1. The second-order valence-corrected chi connectivity index (χ2v) is 3.81. The molecule has 0 saturated carbocycles. The summed E-state index contributed by atoms with van der Waals surface area (Å²) in [6.07, 6.45) is 6.11. The Bertz CT molecular complexity index is 245. The Morgan fingerprint density at radius 1 is 0.739 bits per heavy atom. The molecule has 0 radical (unpaired) electrons. The maximum absolute atomic E-state index is 9.25. The molecule has 0 amide bonds. The summed E-state index contributed by atoms with van der Waals surface area (Å²) >= 11 is 0. The van der Waals surface area contributed by atoms with Gasteiger partial charge in [-0.3, -0.25) is 0 Å². The number of aliphatic hydroxyl groups excluding tert-OH is 3. The molecule has 8 heteroatoms. The highest BCUT2D eigenvalue weighted by molar-refractivity contribution is 5.79. The Morgan fingerprint density at radius 3 is 1.17 bits per heavy atom. The van der Waals surface area contributed by atoms with Crippen molar-refractivity contribution in [3.05, 3.63) is 25.3 Å². The highest BCUT2D eigenvalue weighted by Gasteiger charge is 1.81. The van der Waals surface area contributed by atoms with E-state index in [1.54, 1.807) is 0 Å². The first kappa shape index (κ1) is 29.3. The lowest BCUT2D eigenvalue weighted by molar-refractivity contribution is -0.132. The predicted molar refractivity (Wildman–Crippen MR) is 89.1 cm³/mol. The van der Waals surface area contributed by atoms with E-state index >= 15 is 0 Å². The van der Waals surface area contributed by atoms with E-state index in [-0.39, 0.29) is 13.2 Å². The Labute approximate surface area is 137 Å². The number of hydrogen-bond donors (Lipinski definition) is 6. The summed E-state index contributed by atoms with van der Waals surface area (Å²) in [5, 5.41) is 39.6. The molecule has 0 aliphatic carbocycles. The number of nitrogens with two attached hydrogens (primary N) is 1. The minimum absolute atomic E-state index is 0.195. The summed E-state index contributed by atoms with van der Waals surface area (Å²) in [6.45, 7) is 7.37. The molecular weight excluding hydrogens is 306 g/mol. The Morgan fingerprint density at radius 2 is 1.00 bits per heavy atom. The number of carboxylic acid groups (broad SMARTS) is 2. The molecule has 138 valence electrons. The average molecular weight is 337 g/mol. The largest absolute Gasteiger partial charge is 0.478 e. The zero-order valence-corrected chi connectivity index (χ0v) is 13.6. The molecule has 0 aromatic carbocycles. The molecule has 0 unspecified atom stereocenters. The third-order valence-corrected chi connectivity index (χ3v) is 1.78. The molecule has 7 N–H and O–H groups in total. The van der Waals surface area contributed by atoms with Crippen LogP contribution in [0.3, 0.4) is 0 Å². The highest BCUT2D eigenvalue weighted by atomic mass is 16.4. The normalized spacial score (nSPS) is 8.00. The van der Waals surface area contributed by atoms with E-state index in [1.165, 1.54) is 0 Å². The van der Waals surface area contributed by atoms with E-state index in [4.69, 9.17) is 31.3 Å². The van der Waals surface area contributed by atoms with Crippen LogP contribution in [0.1, 0.15) is 32.1 Å². The molecule has 0 bridgehead atoms. The summed E-state index contributed by atoms with van der Waals surface area (Å²) in [5.74, 6) is -1.96. The fourth-order valence-electron chi connectivity index (χ4n) is 0.657. The van der Waals surface area contributed by atoms with Gasteiger partial charge in [0.1, 0.15) is 0 Å². The molecule has 0 saturated heterocycles. The lowest BCUT2D eigenvalue weighted by atomic mass is 10.2. The van der Waals surface area contributed by atoms with Crippen LogP contribution in [0.25, 0.3) is 0 Å². The summed E-state index contributed by atoms with van der Waals surface area (Å²) in [5.41, 5.74) is 5.19. The van der Waals surface area contributed by atoms with Crippen molar-refractivity contribution in [3.8, 4) is 0 Å².